The Hall–Kier alpha value is -4.08. The number of allylic oxidation sites excluding steroid dienone is 2. The Bertz CT molecular complexity index is 1260. The molecule has 4 rings (SSSR count). The normalized spacial score (nSPS) is 16.3. The minimum atomic E-state index is -5.69. The van der Waals surface area contributed by atoms with Crippen molar-refractivity contribution in [3.8, 4) is 17.2 Å². The molecule has 194 valence electrons. The predicted molar refractivity (Wildman–Crippen MR) is 128 cm³/mol. The lowest BCUT2D eigenvalue weighted by Gasteiger charge is -2.40. The molecule has 0 aromatic heterocycles. The van der Waals surface area contributed by atoms with E-state index in [1.165, 1.54) is 18.2 Å². The van der Waals surface area contributed by atoms with E-state index in [2.05, 4.69) is 0 Å². The minimum Gasteiger partial charge on any atom is -0.486 e. The van der Waals surface area contributed by atoms with E-state index in [4.69, 9.17) is 20.9 Å². The number of ether oxygens (including phenoxy) is 2. The Balaban J connectivity index is 1.65. The van der Waals surface area contributed by atoms with Crippen molar-refractivity contribution in [1.29, 1.82) is 0 Å². The molecule has 0 amide bonds. The molecule has 4 N–H and O–H groups in total. The first kappa shape index (κ1) is 26.0. The number of nitrogens with two attached hydrogens (primary N) is 2. The van der Waals surface area contributed by atoms with Crippen LogP contribution < -0.4 is 20.9 Å². The molecule has 4 nitrogen and oxygen atoms in total. The smallest absolute Gasteiger partial charge is 0.411 e. The Morgan fingerprint density at radius 3 is 1.54 bits per heavy atom. The highest BCUT2D eigenvalue weighted by Crippen LogP contribution is 2.57. The van der Waals surface area contributed by atoms with E-state index in [0.29, 0.717) is 22.9 Å². The molecule has 0 fully saturated rings. The quantitative estimate of drug-likeness (QED) is 0.264. The summed E-state index contributed by atoms with van der Waals surface area (Å²) < 4.78 is 97.7. The topological polar surface area (TPSA) is 70.5 Å². The van der Waals surface area contributed by atoms with E-state index in [9.17, 15) is 26.3 Å². The van der Waals surface area contributed by atoms with Gasteiger partial charge in [-0.25, -0.2) is 0 Å². The molecule has 0 radical (unpaired) electrons. The molecule has 37 heavy (non-hydrogen) atoms. The van der Waals surface area contributed by atoms with Crippen molar-refractivity contribution >= 4 is 11.4 Å². The Morgan fingerprint density at radius 1 is 0.649 bits per heavy atom. The molecule has 0 saturated carbocycles. The van der Waals surface area contributed by atoms with Crippen molar-refractivity contribution in [3.63, 3.8) is 0 Å². The lowest BCUT2D eigenvalue weighted by atomic mass is 9.71. The first-order valence-electron chi connectivity index (χ1n) is 11.1. The number of nitrogen functional groups attached to an aromatic ring is 2. The molecule has 0 heterocycles. The third-order valence-electron chi connectivity index (χ3n) is 5.91. The van der Waals surface area contributed by atoms with Gasteiger partial charge in [0.1, 0.15) is 23.4 Å². The Kier molecular flexibility index (Phi) is 6.86. The van der Waals surface area contributed by atoms with Crippen LogP contribution in [0.25, 0.3) is 0 Å². The van der Waals surface area contributed by atoms with Crippen LogP contribution in [0.5, 0.6) is 17.2 Å². The fourth-order valence-electron chi connectivity index (χ4n) is 4.11. The van der Waals surface area contributed by atoms with Crippen LogP contribution in [0.3, 0.4) is 0 Å². The number of hydrogen-bond acceptors (Lipinski definition) is 4. The Labute approximate surface area is 208 Å². The molecule has 0 saturated heterocycles. The zero-order valence-corrected chi connectivity index (χ0v) is 19.2. The molecular weight excluding hydrogens is 498 g/mol. The van der Waals surface area contributed by atoms with Gasteiger partial charge in [-0.3, -0.25) is 0 Å². The van der Waals surface area contributed by atoms with Gasteiger partial charge in [-0.2, -0.15) is 26.3 Å². The maximum Gasteiger partial charge on any atom is 0.411 e. The maximum absolute atomic E-state index is 14.4. The minimum absolute atomic E-state index is 0.0666. The van der Waals surface area contributed by atoms with Crippen LogP contribution >= 0.6 is 0 Å². The molecule has 1 aliphatic carbocycles. The van der Waals surface area contributed by atoms with Gasteiger partial charge in [0.05, 0.1) is 0 Å². The maximum atomic E-state index is 14.4. The molecule has 0 aliphatic heterocycles. The van der Waals surface area contributed by atoms with Crippen LogP contribution in [0.15, 0.2) is 96.6 Å². The number of hydrogen-bond donors (Lipinski definition) is 2. The number of rotatable bonds is 6. The number of anilines is 2. The second kappa shape index (κ2) is 9.76. The van der Waals surface area contributed by atoms with Crippen LogP contribution in [0.4, 0.5) is 37.7 Å². The standard InChI is InChI=1S/C27H22F6N2O2/c28-26(29,30)25(27(31,32)33,17-1-9-21(10-2-17)36-23-13-5-19(34)6-14-23)18-3-11-22(12-4-18)37-24-15-7-20(35)8-16-24/h1-11,13-16,22H,12,34-35H2. The van der Waals surface area contributed by atoms with E-state index < -0.39 is 35.0 Å². The predicted octanol–water partition coefficient (Wildman–Crippen LogP) is 7.34. The highest BCUT2D eigenvalue weighted by molar-refractivity contribution is 5.50. The zero-order valence-electron chi connectivity index (χ0n) is 19.2. The van der Waals surface area contributed by atoms with E-state index in [1.54, 1.807) is 36.4 Å². The summed E-state index contributed by atoms with van der Waals surface area (Å²) in [5.41, 5.74) is 6.01. The van der Waals surface area contributed by atoms with Crippen molar-refractivity contribution in [2.75, 3.05) is 11.5 Å². The lowest BCUT2D eigenvalue weighted by Crippen LogP contribution is -2.55. The van der Waals surface area contributed by atoms with Crippen molar-refractivity contribution in [2.45, 2.75) is 30.3 Å². The van der Waals surface area contributed by atoms with E-state index in [-0.39, 0.29) is 12.2 Å². The van der Waals surface area contributed by atoms with Gasteiger partial charge in [0.25, 0.3) is 0 Å². The molecule has 1 atom stereocenters. The summed E-state index contributed by atoms with van der Waals surface area (Å²) in [6.45, 7) is 0. The molecule has 1 unspecified atom stereocenters. The lowest BCUT2D eigenvalue weighted by molar-refractivity contribution is -0.289. The van der Waals surface area contributed by atoms with Crippen molar-refractivity contribution in [2.24, 2.45) is 0 Å². The van der Waals surface area contributed by atoms with Crippen LogP contribution in [0.2, 0.25) is 0 Å². The summed E-state index contributed by atoms with van der Waals surface area (Å²) in [7, 11) is 0. The first-order chi connectivity index (χ1) is 17.4. The highest BCUT2D eigenvalue weighted by atomic mass is 19.4. The molecule has 1 aliphatic rings. The second-order valence-corrected chi connectivity index (χ2v) is 8.42. The summed E-state index contributed by atoms with van der Waals surface area (Å²) in [5.74, 6) is 0.775. The molecule has 0 bridgehead atoms. The van der Waals surface area contributed by atoms with Crippen LogP contribution in [0, 0.1) is 0 Å². The van der Waals surface area contributed by atoms with Gasteiger partial charge < -0.3 is 20.9 Å². The van der Waals surface area contributed by atoms with Crippen molar-refractivity contribution in [1.82, 2.24) is 0 Å². The average Bonchev–Trinajstić information content (AvgIpc) is 2.83. The molecule has 3 aromatic carbocycles. The third kappa shape index (κ3) is 5.23. The molecule has 0 spiro atoms. The number of halogens is 6. The van der Waals surface area contributed by atoms with Crippen molar-refractivity contribution in [3.05, 3.63) is 102 Å². The van der Waals surface area contributed by atoms with E-state index in [0.717, 1.165) is 36.4 Å². The van der Waals surface area contributed by atoms with Gasteiger partial charge in [0, 0.05) is 17.8 Å². The van der Waals surface area contributed by atoms with Gasteiger partial charge in [-0.05, 0) is 77.9 Å². The SMILES string of the molecule is Nc1ccc(Oc2ccc(C(C3=CCC(Oc4ccc(N)cc4)C=C3)(C(F)(F)F)C(F)(F)F)cc2)cc1. The van der Waals surface area contributed by atoms with Crippen LogP contribution in [-0.2, 0) is 5.41 Å². The summed E-state index contributed by atoms with van der Waals surface area (Å²) >= 11 is 0. The average molecular weight is 520 g/mol. The molecule has 3 aromatic rings. The number of benzene rings is 3. The first-order valence-corrected chi connectivity index (χ1v) is 11.1. The zero-order chi connectivity index (χ0) is 26.8. The summed E-state index contributed by atoms with van der Waals surface area (Å²) in [6, 6.07) is 16.1. The van der Waals surface area contributed by atoms with Crippen LogP contribution in [0.1, 0.15) is 12.0 Å². The van der Waals surface area contributed by atoms with Gasteiger partial charge in [0.15, 0.2) is 0 Å². The largest absolute Gasteiger partial charge is 0.486 e. The van der Waals surface area contributed by atoms with Gasteiger partial charge >= 0.3 is 12.4 Å². The highest BCUT2D eigenvalue weighted by Gasteiger charge is 2.73. The van der Waals surface area contributed by atoms with Crippen LogP contribution in [-0.4, -0.2) is 18.5 Å². The van der Waals surface area contributed by atoms with Gasteiger partial charge in [0.2, 0.25) is 5.41 Å². The summed E-state index contributed by atoms with van der Waals surface area (Å²) in [5, 5.41) is 0. The molecule has 10 heteroatoms. The summed E-state index contributed by atoms with van der Waals surface area (Å²) in [6.07, 6.45) is -9.38. The molecular formula is C27H22F6N2O2. The Morgan fingerprint density at radius 2 is 1.11 bits per heavy atom. The summed E-state index contributed by atoms with van der Waals surface area (Å²) in [4.78, 5) is 0. The van der Waals surface area contributed by atoms with E-state index >= 15 is 0 Å². The second-order valence-electron chi connectivity index (χ2n) is 8.42. The number of alkyl halides is 6. The fourth-order valence-corrected chi connectivity index (χ4v) is 4.11. The van der Waals surface area contributed by atoms with Gasteiger partial charge in [-0.15, -0.1) is 0 Å². The fraction of sp³-hybridized carbons (Fsp3) is 0.185. The van der Waals surface area contributed by atoms with Gasteiger partial charge in [-0.1, -0.05) is 24.3 Å². The monoisotopic (exact) mass is 520 g/mol. The van der Waals surface area contributed by atoms with Crippen molar-refractivity contribution < 1.29 is 35.8 Å². The third-order valence-corrected chi connectivity index (χ3v) is 5.91. The van der Waals surface area contributed by atoms with E-state index in [1.807, 2.05) is 0 Å².